The predicted molar refractivity (Wildman–Crippen MR) is 58.7 cm³/mol. The minimum absolute atomic E-state index is 0.0453. The van der Waals surface area contributed by atoms with Gasteiger partial charge in [0.15, 0.2) is 5.69 Å². The molecule has 1 N–H and O–H groups in total. The molecule has 0 spiro atoms. The number of aromatic nitrogens is 2. The molecular weight excluding hydrogens is 208 g/mol. The molecule has 1 aromatic heterocycles. The Kier molecular flexibility index (Phi) is 3.00. The zero-order valence-electron chi connectivity index (χ0n) is 9.13. The number of carboxylic acids is 1. The number of piperazine rings is 1. The molecule has 1 saturated heterocycles. The lowest BCUT2D eigenvalue weighted by Crippen LogP contribution is -2.44. The maximum Gasteiger partial charge on any atom is 0.354 e. The lowest BCUT2D eigenvalue weighted by Gasteiger charge is -2.33. The van der Waals surface area contributed by atoms with Crippen molar-refractivity contribution in [2.24, 2.45) is 0 Å². The van der Waals surface area contributed by atoms with Gasteiger partial charge in [0.25, 0.3) is 0 Å². The number of carboxylic acid groups (broad SMARTS) is 1. The second-order valence-electron chi connectivity index (χ2n) is 3.86. The zero-order chi connectivity index (χ0) is 11.5. The van der Waals surface area contributed by atoms with Crippen LogP contribution in [0.4, 0.5) is 5.82 Å². The maximum absolute atomic E-state index is 10.8. The molecule has 0 radical (unpaired) electrons. The van der Waals surface area contributed by atoms with Crippen LogP contribution in [0.25, 0.3) is 0 Å². The molecule has 0 unspecified atom stereocenters. The molecule has 1 fully saturated rings. The Morgan fingerprint density at radius 3 is 2.62 bits per heavy atom. The van der Waals surface area contributed by atoms with E-state index in [1.54, 1.807) is 0 Å². The van der Waals surface area contributed by atoms with E-state index in [0.29, 0.717) is 5.82 Å². The predicted octanol–water partition coefficient (Wildman–Crippen LogP) is -0.0734. The number of aromatic carboxylic acids is 1. The topological polar surface area (TPSA) is 69.6 Å². The van der Waals surface area contributed by atoms with E-state index < -0.39 is 5.97 Å². The number of carbonyl (C=O) groups is 1. The third-order valence-electron chi connectivity index (χ3n) is 2.70. The van der Waals surface area contributed by atoms with Gasteiger partial charge in [-0.15, -0.1) is 0 Å². The summed E-state index contributed by atoms with van der Waals surface area (Å²) in [5, 5.41) is 8.83. The van der Waals surface area contributed by atoms with Gasteiger partial charge in [0.2, 0.25) is 0 Å². The second-order valence-corrected chi connectivity index (χ2v) is 3.86. The monoisotopic (exact) mass is 222 g/mol. The minimum Gasteiger partial charge on any atom is -0.477 e. The van der Waals surface area contributed by atoms with E-state index in [1.165, 1.54) is 12.4 Å². The van der Waals surface area contributed by atoms with Gasteiger partial charge in [-0.2, -0.15) is 0 Å². The van der Waals surface area contributed by atoms with Crippen LogP contribution in [0.3, 0.4) is 0 Å². The Bertz CT molecular complexity index is 388. The fraction of sp³-hybridized carbons (Fsp3) is 0.500. The van der Waals surface area contributed by atoms with Crippen LogP contribution in [-0.2, 0) is 0 Å². The van der Waals surface area contributed by atoms with E-state index in [4.69, 9.17) is 5.11 Å². The molecule has 1 aromatic rings. The van der Waals surface area contributed by atoms with Gasteiger partial charge in [-0.05, 0) is 7.05 Å². The smallest absolute Gasteiger partial charge is 0.354 e. The summed E-state index contributed by atoms with van der Waals surface area (Å²) in [7, 11) is 2.07. The summed E-state index contributed by atoms with van der Waals surface area (Å²) in [5.41, 5.74) is 0.0453. The first-order valence-corrected chi connectivity index (χ1v) is 5.15. The van der Waals surface area contributed by atoms with Gasteiger partial charge in [0.1, 0.15) is 12.1 Å². The van der Waals surface area contributed by atoms with Gasteiger partial charge < -0.3 is 14.9 Å². The lowest BCUT2D eigenvalue weighted by atomic mass is 10.3. The molecule has 0 bridgehead atoms. The number of likely N-dealkylation sites (N-methyl/N-ethyl adjacent to an activating group) is 1. The highest BCUT2D eigenvalue weighted by molar-refractivity contribution is 5.86. The van der Waals surface area contributed by atoms with Crippen molar-refractivity contribution in [1.29, 1.82) is 0 Å². The molecule has 86 valence electrons. The molecule has 6 nitrogen and oxygen atoms in total. The molecule has 0 amide bonds. The summed E-state index contributed by atoms with van der Waals surface area (Å²) < 4.78 is 0. The van der Waals surface area contributed by atoms with Crippen molar-refractivity contribution in [3.05, 3.63) is 18.1 Å². The fourth-order valence-corrected chi connectivity index (χ4v) is 1.67. The Balaban J connectivity index is 2.14. The molecular formula is C10H14N4O2. The van der Waals surface area contributed by atoms with E-state index in [9.17, 15) is 4.79 Å². The number of nitrogens with zero attached hydrogens (tertiary/aromatic N) is 4. The van der Waals surface area contributed by atoms with Crippen LogP contribution in [0.5, 0.6) is 0 Å². The van der Waals surface area contributed by atoms with Crippen LogP contribution in [0.15, 0.2) is 12.4 Å². The SMILES string of the molecule is CN1CCN(c2cc(C(=O)O)ncn2)CC1. The van der Waals surface area contributed by atoms with E-state index in [-0.39, 0.29) is 5.69 Å². The van der Waals surface area contributed by atoms with Crippen LogP contribution < -0.4 is 4.90 Å². The largest absolute Gasteiger partial charge is 0.477 e. The maximum atomic E-state index is 10.8. The van der Waals surface area contributed by atoms with Crippen LogP contribution in [0.2, 0.25) is 0 Å². The van der Waals surface area contributed by atoms with Crippen molar-refractivity contribution in [2.75, 3.05) is 38.1 Å². The van der Waals surface area contributed by atoms with Gasteiger partial charge in [-0.25, -0.2) is 14.8 Å². The molecule has 0 saturated carbocycles. The molecule has 1 aliphatic heterocycles. The van der Waals surface area contributed by atoms with E-state index >= 15 is 0 Å². The van der Waals surface area contributed by atoms with Gasteiger partial charge in [0, 0.05) is 32.2 Å². The van der Waals surface area contributed by atoms with Crippen LogP contribution in [-0.4, -0.2) is 59.2 Å². The molecule has 1 aliphatic rings. The highest BCUT2D eigenvalue weighted by atomic mass is 16.4. The molecule has 2 heterocycles. The first kappa shape index (κ1) is 10.8. The first-order chi connectivity index (χ1) is 7.66. The van der Waals surface area contributed by atoms with E-state index in [1.807, 2.05) is 0 Å². The average molecular weight is 222 g/mol. The zero-order valence-corrected chi connectivity index (χ0v) is 9.13. The summed E-state index contributed by atoms with van der Waals surface area (Å²) in [6.45, 7) is 3.66. The molecule has 0 aromatic carbocycles. The van der Waals surface area contributed by atoms with Crippen LogP contribution in [0.1, 0.15) is 10.5 Å². The Morgan fingerprint density at radius 2 is 2.00 bits per heavy atom. The van der Waals surface area contributed by atoms with Crippen molar-refractivity contribution >= 4 is 11.8 Å². The van der Waals surface area contributed by atoms with Gasteiger partial charge in [0.05, 0.1) is 0 Å². The third kappa shape index (κ3) is 2.27. The van der Waals surface area contributed by atoms with Gasteiger partial charge in [-0.3, -0.25) is 0 Å². The number of rotatable bonds is 2. The average Bonchev–Trinajstić information content (AvgIpc) is 2.30. The second kappa shape index (κ2) is 4.44. The summed E-state index contributed by atoms with van der Waals surface area (Å²) in [4.78, 5) is 22.9. The Labute approximate surface area is 93.5 Å². The van der Waals surface area contributed by atoms with Crippen molar-refractivity contribution < 1.29 is 9.90 Å². The van der Waals surface area contributed by atoms with Gasteiger partial charge in [-0.1, -0.05) is 0 Å². The fourth-order valence-electron chi connectivity index (χ4n) is 1.67. The van der Waals surface area contributed by atoms with Crippen LogP contribution in [0, 0.1) is 0 Å². The Hall–Kier alpha value is -1.69. The van der Waals surface area contributed by atoms with Crippen molar-refractivity contribution in [3.63, 3.8) is 0 Å². The van der Waals surface area contributed by atoms with Gasteiger partial charge >= 0.3 is 5.97 Å². The molecule has 0 atom stereocenters. The molecule has 0 aliphatic carbocycles. The number of hydrogen-bond acceptors (Lipinski definition) is 5. The van der Waals surface area contributed by atoms with Crippen molar-refractivity contribution in [2.45, 2.75) is 0 Å². The van der Waals surface area contributed by atoms with Crippen molar-refractivity contribution in [1.82, 2.24) is 14.9 Å². The van der Waals surface area contributed by atoms with Crippen LogP contribution >= 0.6 is 0 Å². The lowest BCUT2D eigenvalue weighted by molar-refractivity contribution is 0.0690. The molecule has 2 rings (SSSR count). The van der Waals surface area contributed by atoms with Crippen molar-refractivity contribution in [3.8, 4) is 0 Å². The minimum atomic E-state index is -1.02. The number of hydrogen-bond donors (Lipinski definition) is 1. The normalized spacial score (nSPS) is 17.4. The summed E-state index contributed by atoms with van der Waals surface area (Å²) in [6.07, 6.45) is 1.30. The third-order valence-corrected chi connectivity index (χ3v) is 2.70. The Morgan fingerprint density at radius 1 is 1.31 bits per heavy atom. The first-order valence-electron chi connectivity index (χ1n) is 5.15. The quantitative estimate of drug-likeness (QED) is 0.755. The molecule has 6 heteroatoms. The van der Waals surface area contributed by atoms with E-state index in [2.05, 4.69) is 26.8 Å². The standard InChI is InChI=1S/C10H14N4O2/c1-13-2-4-14(5-3-13)9-6-8(10(15)16)11-7-12-9/h6-7H,2-5H2,1H3,(H,15,16). The highest BCUT2D eigenvalue weighted by Gasteiger charge is 2.16. The van der Waals surface area contributed by atoms with E-state index in [0.717, 1.165) is 26.2 Å². The highest BCUT2D eigenvalue weighted by Crippen LogP contribution is 2.13. The summed E-state index contributed by atoms with van der Waals surface area (Å²) >= 11 is 0. The summed E-state index contributed by atoms with van der Waals surface area (Å²) in [6, 6.07) is 1.52. The molecule has 16 heavy (non-hydrogen) atoms. The number of anilines is 1. The summed E-state index contributed by atoms with van der Waals surface area (Å²) in [5.74, 6) is -0.321.